The van der Waals surface area contributed by atoms with E-state index in [1.165, 1.54) is 6.92 Å². The van der Waals surface area contributed by atoms with E-state index in [4.69, 9.17) is 0 Å². The van der Waals surface area contributed by atoms with Crippen molar-refractivity contribution in [2.24, 2.45) is 7.05 Å². The summed E-state index contributed by atoms with van der Waals surface area (Å²) in [6, 6.07) is 3.06. The predicted octanol–water partition coefficient (Wildman–Crippen LogP) is 2.25. The lowest BCUT2D eigenvalue weighted by atomic mass is 10.1. The molecule has 0 bridgehead atoms. The van der Waals surface area contributed by atoms with Crippen LogP contribution in [-0.4, -0.2) is 14.8 Å². The van der Waals surface area contributed by atoms with Crippen molar-refractivity contribution in [2.45, 2.75) is 26.4 Å². The summed E-state index contributed by atoms with van der Waals surface area (Å²) in [5, 5.41) is 10.8. The lowest BCUT2D eigenvalue weighted by Crippen LogP contribution is -2.22. The largest absolute Gasteiger partial charge is 0.319 e. The van der Waals surface area contributed by atoms with Crippen molar-refractivity contribution < 1.29 is 8.78 Å². The predicted molar refractivity (Wildman–Crippen MR) is 67.4 cm³/mol. The first-order chi connectivity index (χ1) is 9.00. The van der Waals surface area contributed by atoms with Gasteiger partial charge in [0.25, 0.3) is 0 Å². The molecule has 0 fully saturated rings. The molecule has 1 aromatic carbocycles. The van der Waals surface area contributed by atoms with Crippen LogP contribution in [0.1, 0.15) is 29.9 Å². The summed E-state index contributed by atoms with van der Waals surface area (Å²) in [7, 11) is 1.83. The fourth-order valence-corrected chi connectivity index (χ4v) is 1.86. The number of nitrogens with zero attached hydrogens (tertiary/aromatic N) is 3. The molecule has 4 nitrogen and oxygen atoms in total. The highest BCUT2D eigenvalue weighted by atomic mass is 19.2. The van der Waals surface area contributed by atoms with Crippen LogP contribution in [0, 0.1) is 18.6 Å². The van der Waals surface area contributed by atoms with Crippen LogP contribution in [0.25, 0.3) is 0 Å². The van der Waals surface area contributed by atoms with Gasteiger partial charge in [0, 0.05) is 19.2 Å². The van der Waals surface area contributed by atoms with Crippen molar-refractivity contribution in [3.8, 4) is 0 Å². The van der Waals surface area contributed by atoms with Gasteiger partial charge in [-0.25, -0.2) is 8.78 Å². The highest BCUT2D eigenvalue weighted by molar-refractivity contribution is 5.25. The Bertz CT molecular complexity index is 580. The Morgan fingerprint density at radius 1 is 1.32 bits per heavy atom. The van der Waals surface area contributed by atoms with Gasteiger partial charge in [-0.1, -0.05) is 12.1 Å². The second-order valence-electron chi connectivity index (χ2n) is 4.57. The topological polar surface area (TPSA) is 42.7 Å². The summed E-state index contributed by atoms with van der Waals surface area (Å²) in [4.78, 5) is 0. The number of aryl methyl sites for hydroxylation is 2. The van der Waals surface area contributed by atoms with Crippen molar-refractivity contribution in [1.82, 2.24) is 20.1 Å². The lowest BCUT2D eigenvalue weighted by Gasteiger charge is -2.13. The van der Waals surface area contributed by atoms with Gasteiger partial charge in [-0.3, -0.25) is 0 Å². The zero-order valence-corrected chi connectivity index (χ0v) is 11.1. The van der Waals surface area contributed by atoms with Crippen molar-refractivity contribution in [1.29, 1.82) is 0 Å². The third-order valence-electron chi connectivity index (χ3n) is 3.09. The molecular formula is C13H16F2N4. The molecule has 1 unspecified atom stereocenters. The van der Waals surface area contributed by atoms with E-state index in [2.05, 4.69) is 15.5 Å². The smallest absolute Gasteiger partial charge is 0.163 e. The molecule has 0 saturated carbocycles. The highest BCUT2D eigenvalue weighted by Gasteiger charge is 2.14. The summed E-state index contributed by atoms with van der Waals surface area (Å²) in [6.45, 7) is 3.67. The Hall–Kier alpha value is -1.82. The van der Waals surface area contributed by atoms with E-state index in [9.17, 15) is 8.78 Å². The number of nitrogens with one attached hydrogen (secondary N) is 1. The molecule has 0 aliphatic carbocycles. The fraction of sp³-hybridized carbons (Fsp3) is 0.385. The number of hydrogen-bond donors (Lipinski definition) is 1. The lowest BCUT2D eigenvalue weighted by molar-refractivity contribution is 0.473. The fourth-order valence-electron chi connectivity index (χ4n) is 1.86. The third-order valence-corrected chi connectivity index (χ3v) is 3.09. The number of benzene rings is 1. The zero-order valence-electron chi connectivity index (χ0n) is 11.1. The Kier molecular flexibility index (Phi) is 3.90. The van der Waals surface area contributed by atoms with E-state index in [1.54, 1.807) is 23.0 Å². The molecule has 0 aliphatic heterocycles. The van der Waals surface area contributed by atoms with E-state index in [0.717, 1.165) is 5.82 Å². The standard InChI is InChI=1S/C13H16F2N4/c1-8-4-5-10(12(15)11(8)14)6-16-9(2)13-18-17-7-19(13)3/h4-5,7,9,16H,6H2,1-3H3. The molecular weight excluding hydrogens is 250 g/mol. The van der Waals surface area contributed by atoms with E-state index in [1.807, 2.05) is 14.0 Å². The summed E-state index contributed by atoms with van der Waals surface area (Å²) in [5.41, 5.74) is 0.611. The van der Waals surface area contributed by atoms with E-state index in [0.29, 0.717) is 11.1 Å². The van der Waals surface area contributed by atoms with Gasteiger partial charge in [-0.2, -0.15) is 0 Å². The first-order valence-corrected chi connectivity index (χ1v) is 6.01. The van der Waals surface area contributed by atoms with E-state index < -0.39 is 11.6 Å². The van der Waals surface area contributed by atoms with Crippen LogP contribution < -0.4 is 5.32 Å². The van der Waals surface area contributed by atoms with Gasteiger partial charge in [0.1, 0.15) is 12.2 Å². The minimum atomic E-state index is -0.794. The number of hydrogen-bond acceptors (Lipinski definition) is 3. The summed E-state index contributed by atoms with van der Waals surface area (Å²) in [6.07, 6.45) is 1.60. The molecule has 1 aromatic heterocycles. The maximum Gasteiger partial charge on any atom is 0.163 e. The molecule has 2 aromatic rings. The van der Waals surface area contributed by atoms with Crippen LogP contribution in [0.3, 0.4) is 0 Å². The molecule has 6 heteroatoms. The van der Waals surface area contributed by atoms with Gasteiger partial charge in [0.2, 0.25) is 0 Å². The summed E-state index contributed by atoms with van der Waals surface area (Å²) in [5.74, 6) is -0.837. The van der Waals surface area contributed by atoms with E-state index in [-0.39, 0.29) is 12.6 Å². The van der Waals surface area contributed by atoms with Crippen LogP contribution >= 0.6 is 0 Å². The third kappa shape index (κ3) is 2.78. The molecule has 0 amide bonds. The molecule has 1 heterocycles. The maximum absolute atomic E-state index is 13.7. The molecule has 19 heavy (non-hydrogen) atoms. The quantitative estimate of drug-likeness (QED) is 0.923. The SMILES string of the molecule is Cc1ccc(CNC(C)c2nncn2C)c(F)c1F. The maximum atomic E-state index is 13.7. The van der Waals surface area contributed by atoms with Crippen LogP contribution in [0.2, 0.25) is 0 Å². The average Bonchev–Trinajstić information content (AvgIpc) is 2.81. The number of halogens is 2. The Labute approximate surface area is 110 Å². The molecule has 0 radical (unpaired) electrons. The Morgan fingerprint density at radius 3 is 2.68 bits per heavy atom. The highest BCUT2D eigenvalue weighted by Crippen LogP contribution is 2.16. The first kappa shape index (κ1) is 13.6. The van der Waals surface area contributed by atoms with Crippen molar-refractivity contribution >= 4 is 0 Å². The normalized spacial score (nSPS) is 12.7. The molecule has 102 valence electrons. The molecule has 2 rings (SSSR count). The average molecular weight is 266 g/mol. The van der Waals surface area contributed by atoms with Gasteiger partial charge >= 0.3 is 0 Å². The van der Waals surface area contributed by atoms with Crippen LogP contribution in [0.4, 0.5) is 8.78 Å². The second-order valence-corrected chi connectivity index (χ2v) is 4.57. The number of aromatic nitrogens is 3. The Morgan fingerprint density at radius 2 is 2.05 bits per heavy atom. The molecule has 1 atom stereocenters. The van der Waals surface area contributed by atoms with Crippen molar-refractivity contribution in [2.75, 3.05) is 0 Å². The van der Waals surface area contributed by atoms with Gasteiger partial charge in [-0.15, -0.1) is 10.2 Å². The number of rotatable bonds is 4. The van der Waals surface area contributed by atoms with Crippen LogP contribution in [-0.2, 0) is 13.6 Å². The molecule has 1 N–H and O–H groups in total. The molecule has 0 aliphatic rings. The minimum Gasteiger partial charge on any atom is -0.319 e. The summed E-state index contributed by atoms with van der Waals surface area (Å²) >= 11 is 0. The van der Waals surface area contributed by atoms with Gasteiger partial charge < -0.3 is 9.88 Å². The first-order valence-electron chi connectivity index (χ1n) is 6.01. The molecule has 0 spiro atoms. The van der Waals surface area contributed by atoms with E-state index >= 15 is 0 Å². The minimum absolute atomic E-state index is 0.101. The Balaban J connectivity index is 2.07. The second kappa shape index (κ2) is 5.44. The van der Waals surface area contributed by atoms with Crippen LogP contribution in [0.5, 0.6) is 0 Å². The van der Waals surface area contributed by atoms with Gasteiger partial charge in [-0.05, 0) is 19.4 Å². The van der Waals surface area contributed by atoms with Crippen molar-refractivity contribution in [3.05, 3.63) is 47.0 Å². The van der Waals surface area contributed by atoms with Crippen molar-refractivity contribution in [3.63, 3.8) is 0 Å². The zero-order chi connectivity index (χ0) is 14.0. The molecule has 0 saturated heterocycles. The van der Waals surface area contributed by atoms with Gasteiger partial charge in [0.05, 0.1) is 6.04 Å². The van der Waals surface area contributed by atoms with Gasteiger partial charge in [0.15, 0.2) is 11.6 Å². The van der Waals surface area contributed by atoms with Crippen LogP contribution in [0.15, 0.2) is 18.5 Å². The summed E-state index contributed by atoms with van der Waals surface area (Å²) < 4.78 is 28.9. The monoisotopic (exact) mass is 266 g/mol.